The average Bonchev–Trinajstić information content (AvgIpc) is 2.45. The largest absolute Gasteiger partial charge is 0.494 e. The highest BCUT2D eigenvalue weighted by molar-refractivity contribution is 5.93. The maximum Gasteiger partial charge on any atom is 0.308 e. The number of hydrogen-bond acceptors (Lipinski definition) is 3. The summed E-state index contributed by atoms with van der Waals surface area (Å²) in [5.41, 5.74) is 0.688. The molecule has 0 radical (unpaired) electrons. The van der Waals surface area contributed by atoms with Crippen molar-refractivity contribution in [3.8, 4) is 5.75 Å². The number of anilines is 1. The zero-order valence-corrected chi connectivity index (χ0v) is 12.1. The highest BCUT2D eigenvalue weighted by Gasteiger charge is 2.20. The lowest BCUT2D eigenvalue weighted by Gasteiger charge is -2.24. The van der Waals surface area contributed by atoms with E-state index in [0.717, 1.165) is 5.75 Å². The number of carboxylic acids is 1. The number of nitrogens with zero attached hydrogens (tertiary/aromatic N) is 1. The third kappa shape index (κ3) is 4.26. The van der Waals surface area contributed by atoms with Gasteiger partial charge in [0.05, 0.1) is 12.5 Å². The molecule has 0 aliphatic heterocycles. The number of carbonyl (C=O) groups is 2. The third-order valence-electron chi connectivity index (χ3n) is 2.94. The molecule has 5 nitrogen and oxygen atoms in total. The van der Waals surface area contributed by atoms with Crippen LogP contribution in [0.2, 0.25) is 0 Å². The standard InChI is InChI=1S/C15H21NO4/c1-4-14(17)16(10-11(3)15(18)19)12-6-8-13(9-7-12)20-5-2/h6-9,11H,4-5,10H2,1-3H3,(H,18,19). The van der Waals surface area contributed by atoms with Crippen LogP contribution in [0.5, 0.6) is 5.75 Å². The zero-order chi connectivity index (χ0) is 15.1. The van der Waals surface area contributed by atoms with Gasteiger partial charge >= 0.3 is 5.97 Å². The lowest BCUT2D eigenvalue weighted by molar-refractivity contribution is -0.140. The van der Waals surface area contributed by atoms with Gasteiger partial charge in [0.25, 0.3) is 0 Å². The molecule has 0 aliphatic carbocycles. The minimum absolute atomic E-state index is 0.0951. The van der Waals surface area contributed by atoms with E-state index in [1.165, 1.54) is 4.90 Å². The number of carboxylic acid groups (broad SMARTS) is 1. The van der Waals surface area contributed by atoms with Crippen LogP contribution in [-0.2, 0) is 9.59 Å². The topological polar surface area (TPSA) is 66.8 Å². The van der Waals surface area contributed by atoms with Crippen LogP contribution in [-0.4, -0.2) is 30.1 Å². The van der Waals surface area contributed by atoms with Crippen molar-refractivity contribution in [2.45, 2.75) is 27.2 Å². The Hall–Kier alpha value is -2.04. The van der Waals surface area contributed by atoms with Crippen LogP contribution >= 0.6 is 0 Å². The Balaban J connectivity index is 2.92. The number of carbonyl (C=O) groups excluding carboxylic acids is 1. The summed E-state index contributed by atoms with van der Waals surface area (Å²) in [7, 11) is 0. The average molecular weight is 279 g/mol. The fourth-order valence-corrected chi connectivity index (χ4v) is 1.78. The highest BCUT2D eigenvalue weighted by atomic mass is 16.5. The molecule has 1 aromatic carbocycles. The molecular formula is C15H21NO4. The first-order valence-corrected chi connectivity index (χ1v) is 6.75. The lowest BCUT2D eigenvalue weighted by atomic mass is 10.1. The monoisotopic (exact) mass is 279 g/mol. The number of benzene rings is 1. The van der Waals surface area contributed by atoms with Crippen molar-refractivity contribution < 1.29 is 19.4 Å². The molecule has 20 heavy (non-hydrogen) atoms. The molecule has 1 rings (SSSR count). The van der Waals surface area contributed by atoms with Gasteiger partial charge < -0.3 is 14.7 Å². The maximum absolute atomic E-state index is 12.0. The Morgan fingerprint density at radius 1 is 1.25 bits per heavy atom. The second-order valence-corrected chi connectivity index (χ2v) is 4.52. The first-order chi connectivity index (χ1) is 9.49. The Bertz CT molecular complexity index is 455. The summed E-state index contributed by atoms with van der Waals surface area (Å²) in [6, 6.07) is 7.10. The Kier molecular flexibility index (Phi) is 6.03. The second-order valence-electron chi connectivity index (χ2n) is 4.52. The summed E-state index contributed by atoms with van der Waals surface area (Å²) in [5.74, 6) is -0.893. The Morgan fingerprint density at radius 3 is 2.30 bits per heavy atom. The van der Waals surface area contributed by atoms with Crippen LogP contribution in [0.15, 0.2) is 24.3 Å². The second kappa shape index (κ2) is 7.53. The van der Waals surface area contributed by atoms with E-state index in [0.29, 0.717) is 18.7 Å². The molecule has 1 N–H and O–H groups in total. The van der Waals surface area contributed by atoms with Crippen LogP contribution in [0.1, 0.15) is 27.2 Å². The first-order valence-electron chi connectivity index (χ1n) is 6.75. The van der Waals surface area contributed by atoms with Crippen LogP contribution in [0, 0.1) is 5.92 Å². The number of amides is 1. The van der Waals surface area contributed by atoms with Gasteiger partial charge in [-0.15, -0.1) is 0 Å². The predicted molar refractivity (Wildman–Crippen MR) is 77.1 cm³/mol. The number of ether oxygens (including phenoxy) is 1. The van der Waals surface area contributed by atoms with Gasteiger partial charge in [-0.25, -0.2) is 0 Å². The maximum atomic E-state index is 12.0. The molecule has 0 heterocycles. The molecular weight excluding hydrogens is 258 g/mol. The molecule has 0 spiro atoms. The van der Waals surface area contributed by atoms with Gasteiger partial charge in [0.1, 0.15) is 5.75 Å². The van der Waals surface area contributed by atoms with Crippen molar-refractivity contribution in [1.82, 2.24) is 0 Å². The molecule has 1 amide bonds. The van der Waals surface area contributed by atoms with E-state index in [9.17, 15) is 9.59 Å². The number of rotatable bonds is 7. The van der Waals surface area contributed by atoms with Crippen molar-refractivity contribution >= 4 is 17.6 Å². The van der Waals surface area contributed by atoms with Crippen molar-refractivity contribution in [2.75, 3.05) is 18.1 Å². The molecule has 1 aromatic rings. The van der Waals surface area contributed by atoms with E-state index in [4.69, 9.17) is 9.84 Å². The molecule has 0 bridgehead atoms. The summed E-state index contributed by atoms with van der Waals surface area (Å²) in [5, 5.41) is 8.99. The number of hydrogen-bond donors (Lipinski definition) is 1. The summed E-state index contributed by atoms with van der Waals surface area (Å²) >= 11 is 0. The molecule has 0 saturated carbocycles. The summed E-state index contributed by atoms with van der Waals surface area (Å²) in [6.07, 6.45) is 0.333. The van der Waals surface area contributed by atoms with Crippen LogP contribution in [0.3, 0.4) is 0 Å². The quantitative estimate of drug-likeness (QED) is 0.833. The van der Waals surface area contributed by atoms with Crippen LogP contribution in [0.25, 0.3) is 0 Å². The molecule has 0 saturated heterocycles. The van der Waals surface area contributed by atoms with Crippen molar-refractivity contribution in [1.29, 1.82) is 0 Å². The van der Waals surface area contributed by atoms with E-state index >= 15 is 0 Å². The normalized spacial score (nSPS) is 11.8. The minimum Gasteiger partial charge on any atom is -0.494 e. The lowest BCUT2D eigenvalue weighted by Crippen LogP contribution is -2.36. The Labute approximate surface area is 119 Å². The van der Waals surface area contributed by atoms with E-state index in [1.807, 2.05) is 6.92 Å². The minimum atomic E-state index is -0.912. The molecule has 1 unspecified atom stereocenters. The van der Waals surface area contributed by atoms with Crippen LogP contribution in [0.4, 0.5) is 5.69 Å². The van der Waals surface area contributed by atoms with Crippen LogP contribution < -0.4 is 9.64 Å². The molecule has 0 aliphatic rings. The van der Waals surface area contributed by atoms with Crippen molar-refractivity contribution in [3.05, 3.63) is 24.3 Å². The van der Waals surface area contributed by atoms with Gasteiger partial charge in [-0.2, -0.15) is 0 Å². The predicted octanol–water partition coefficient (Wildman–Crippen LogP) is 2.55. The highest BCUT2D eigenvalue weighted by Crippen LogP contribution is 2.21. The Morgan fingerprint density at radius 2 is 1.85 bits per heavy atom. The fraction of sp³-hybridized carbons (Fsp3) is 0.467. The molecule has 5 heteroatoms. The van der Waals surface area contributed by atoms with Crippen molar-refractivity contribution in [2.24, 2.45) is 5.92 Å². The van der Waals surface area contributed by atoms with E-state index in [2.05, 4.69) is 0 Å². The smallest absolute Gasteiger partial charge is 0.308 e. The SMILES string of the molecule is CCOc1ccc(N(CC(C)C(=O)O)C(=O)CC)cc1. The zero-order valence-electron chi connectivity index (χ0n) is 12.1. The van der Waals surface area contributed by atoms with Crippen molar-refractivity contribution in [3.63, 3.8) is 0 Å². The summed E-state index contributed by atoms with van der Waals surface area (Å²) in [6.45, 7) is 5.99. The molecule has 0 aromatic heterocycles. The van der Waals surface area contributed by atoms with Gasteiger partial charge in [-0.1, -0.05) is 13.8 Å². The van der Waals surface area contributed by atoms with Gasteiger partial charge in [0, 0.05) is 18.7 Å². The molecule has 1 atom stereocenters. The van der Waals surface area contributed by atoms with E-state index in [1.54, 1.807) is 38.1 Å². The third-order valence-corrected chi connectivity index (χ3v) is 2.94. The summed E-state index contributed by atoms with van der Waals surface area (Å²) in [4.78, 5) is 24.4. The molecule has 110 valence electrons. The fourth-order valence-electron chi connectivity index (χ4n) is 1.78. The summed E-state index contributed by atoms with van der Waals surface area (Å²) < 4.78 is 5.35. The van der Waals surface area contributed by atoms with Gasteiger partial charge in [0.15, 0.2) is 0 Å². The molecule has 0 fully saturated rings. The van der Waals surface area contributed by atoms with Gasteiger partial charge in [0.2, 0.25) is 5.91 Å². The van der Waals surface area contributed by atoms with E-state index in [-0.39, 0.29) is 12.5 Å². The van der Waals surface area contributed by atoms with Gasteiger partial charge in [-0.3, -0.25) is 9.59 Å². The van der Waals surface area contributed by atoms with Gasteiger partial charge in [-0.05, 0) is 31.2 Å². The first kappa shape index (κ1) is 16.0. The number of aliphatic carboxylic acids is 1. The van der Waals surface area contributed by atoms with E-state index < -0.39 is 11.9 Å².